The first-order valence-electron chi connectivity index (χ1n) is 5.28. The van der Waals surface area contributed by atoms with Gasteiger partial charge in [0.15, 0.2) is 0 Å². The van der Waals surface area contributed by atoms with E-state index in [1.807, 2.05) is 37.3 Å². The number of phenols is 1. The second kappa shape index (κ2) is 4.70. The number of aryl methyl sites for hydroxylation is 1. The quantitative estimate of drug-likeness (QED) is 0.470. The zero-order valence-corrected chi connectivity index (χ0v) is 9.46. The molecule has 0 spiro atoms. The number of nitrogens with zero attached hydrogens (tertiary/aromatic N) is 1. The van der Waals surface area contributed by atoms with Gasteiger partial charge in [-0.3, -0.25) is 0 Å². The molecule has 2 aromatic carbocycles. The van der Waals surface area contributed by atoms with Crippen LogP contribution in [-0.4, -0.2) is 16.5 Å². The van der Waals surface area contributed by atoms with Crippen LogP contribution in [0.5, 0.6) is 5.75 Å². The molecule has 0 aliphatic heterocycles. The van der Waals surface area contributed by atoms with E-state index in [-0.39, 0.29) is 5.75 Å². The summed E-state index contributed by atoms with van der Waals surface area (Å²) in [6.45, 7) is 1.96. The second-order valence-corrected chi connectivity index (χ2v) is 3.86. The molecular weight excluding hydrogens is 214 g/mol. The van der Waals surface area contributed by atoms with Gasteiger partial charge in [-0.2, -0.15) is 0 Å². The molecule has 3 nitrogen and oxygen atoms in total. The standard InChI is InChI=1S/C14H13NO2/c1-10-8-12(2-3-13(10)9-15-17)11-4-6-14(16)7-5-11/h2-9,16-17H,1H3. The van der Waals surface area contributed by atoms with Crippen LogP contribution in [-0.2, 0) is 0 Å². The van der Waals surface area contributed by atoms with Crippen molar-refractivity contribution in [1.82, 2.24) is 0 Å². The van der Waals surface area contributed by atoms with Gasteiger partial charge in [0.25, 0.3) is 0 Å². The summed E-state index contributed by atoms with van der Waals surface area (Å²) < 4.78 is 0. The molecule has 0 bridgehead atoms. The molecule has 0 saturated heterocycles. The molecule has 86 valence electrons. The van der Waals surface area contributed by atoms with Crippen LogP contribution in [0.3, 0.4) is 0 Å². The zero-order valence-electron chi connectivity index (χ0n) is 9.46. The number of hydrogen-bond acceptors (Lipinski definition) is 3. The SMILES string of the molecule is Cc1cc(-c2ccc(O)cc2)ccc1C=NO. The van der Waals surface area contributed by atoms with E-state index >= 15 is 0 Å². The fourth-order valence-corrected chi connectivity index (χ4v) is 1.72. The first-order valence-corrected chi connectivity index (χ1v) is 5.28. The summed E-state index contributed by atoms with van der Waals surface area (Å²) in [5.41, 5.74) is 4.03. The van der Waals surface area contributed by atoms with Gasteiger partial charge in [-0.1, -0.05) is 35.5 Å². The number of oxime groups is 1. The van der Waals surface area contributed by atoms with Crippen molar-refractivity contribution in [1.29, 1.82) is 0 Å². The lowest BCUT2D eigenvalue weighted by Gasteiger charge is -2.05. The third-order valence-electron chi connectivity index (χ3n) is 2.67. The molecule has 0 radical (unpaired) electrons. The van der Waals surface area contributed by atoms with Crippen molar-refractivity contribution in [3.63, 3.8) is 0 Å². The Morgan fingerprint density at radius 1 is 1.00 bits per heavy atom. The van der Waals surface area contributed by atoms with E-state index in [4.69, 9.17) is 5.21 Å². The maximum Gasteiger partial charge on any atom is 0.115 e. The number of benzene rings is 2. The van der Waals surface area contributed by atoms with Crippen LogP contribution in [0.1, 0.15) is 11.1 Å². The van der Waals surface area contributed by atoms with Crippen molar-refractivity contribution >= 4 is 6.21 Å². The predicted octanol–water partition coefficient (Wildman–Crippen LogP) is 3.18. The number of phenolic OH excluding ortho intramolecular Hbond substituents is 1. The Balaban J connectivity index is 2.40. The number of aromatic hydroxyl groups is 1. The summed E-state index contributed by atoms with van der Waals surface area (Å²) in [6.07, 6.45) is 1.41. The highest BCUT2D eigenvalue weighted by molar-refractivity contribution is 5.82. The summed E-state index contributed by atoms with van der Waals surface area (Å²) >= 11 is 0. The molecule has 0 aromatic heterocycles. The van der Waals surface area contributed by atoms with Crippen molar-refractivity contribution in [2.45, 2.75) is 6.92 Å². The van der Waals surface area contributed by atoms with Crippen LogP contribution < -0.4 is 0 Å². The van der Waals surface area contributed by atoms with Crippen molar-refractivity contribution in [2.75, 3.05) is 0 Å². The minimum atomic E-state index is 0.259. The third kappa shape index (κ3) is 2.45. The maximum absolute atomic E-state index is 9.23. The minimum absolute atomic E-state index is 0.259. The average Bonchev–Trinajstić information content (AvgIpc) is 2.33. The summed E-state index contributed by atoms with van der Waals surface area (Å²) in [6, 6.07) is 12.9. The summed E-state index contributed by atoms with van der Waals surface area (Å²) in [5, 5.41) is 20.8. The second-order valence-electron chi connectivity index (χ2n) is 3.86. The highest BCUT2D eigenvalue weighted by Crippen LogP contribution is 2.23. The Bertz CT molecular complexity index is 545. The fourth-order valence-electron chi connectivity index (χ4n) is 1.72. The summed E-state index contributed by atoms with van der Waals surface area (Å²) in [7, 11) is 0. The number of hydrogen-bond donors (Lipinski definition) is 2. The molecule has 0 saturated carbocycles. The van der Waals surface area contributed by atoms with Crippen LogP contribution in [0.2, 0.25) is 0 Å². The van der Waals surface area contributed by atoms with Crippen LogP contribution in [0.4, 0.5) is 0 Å². The van der Waals surface area contributed by atoms with Gasteiger partial charge in [-0.05, 0) is 41.3 Å². The lowest BCUT2D eigenvalue weighted by molar-refractivity contribution is 0.322. The molecule has 3 heteroatoms. The van der Waals surface area contributed by atoms with E-state index in [1.54, 1.807) is 12.1 Å². The Morgan fingerprint density at radius 3 is 2.24 bits per heavy atom. The van der Waals surface area contributed by atoms with Crippen LogP contribution in [0.25, 0.3) is 11.1 Å². The average molecular weight is 227 g/mol. The van der Waals surface area contributed by atoms with E-state index in [0.717, 1.165) is 22.3 Å². The molecule has 17 heavy (non-hydrogen) atoms. The molecule has 2 rings (SSSR count). The van der Waals surface area contributed by atoms with Gasteiger partial charge in [-0.25, -0.2) is 0 Å². The molecule has 0 fully saturated rings. The Morgan fingerprint density at radius 2 is 1.65 bits per heavy atom. The van der Waals surface area contributed by atoms with Crippen molar-refractivity contribution in [2.24, 2.45) is 5.16 Å². The smallest absolute Gasteiger partial charge is 0.115 e. The molecule has 0 aliphatic carbocycles. The minimum Gasteiger partial charge on any atom is -0.508 e. The largest absolute Gasteiger partial charge is 0.508 e. The van der Waals surface area contributed by atoms with Crippen molar-refractivity contribution in [3.05, 3.63) is 53.6 Å². The lowest BCUT2D eigenvalue weighted by atomic mass is 10.0. The van der Waals surface area contributed by atoms with Crippen LogP contribution in [0, 0.1) is 6.92 Å². The highest BCUT2D eigenvalue weighted by Gasteiger charge is 2.01. The normalized spacial score (nSPS) is 10.9. The first kappa shape index (κ1) is 11.2. The molecule has 0 aliphatic rings. The van der Waals surface area contributed by atoms with E-state index in [0.29, 0.717) is 0 Å². The predicted molar refractivity (Wildman–Crippen MR) is 67.7 cm³/mol. The van der Waals surface area contributed by atoms with Gasteiger partial charge in [0, 0.05) is 0 Å². The molecule has 0 amide bonds. The molecule has 2 N–H and O–H groups in total. The van der Waals surface area contributed by atoms with E-state index in [1.165, 1.54) is 6.21 Å². The molecule has 0 atom stereocenters. The monoisotopic (exact) mass is 227 g/mol. The summed E-state index contributed by atoms with van der Waals surface area (Å²) in [4.78, 5) is 0. The van der Waals surface area contributed by atoms with Gasteiger partial charge in [0.1, 0.15) is 5.75 Å². The van der Waals surface area contributed by atoms with E-state index in [2.05, 4.69) is 5.16 Å². The fraction of sp³-hybridized carbons (Fsp3) is 0.0714. The lowest BCUT2D eigenvalue weighted by Crippen LogP contribution is -1.88. The summed E-state index contributed by atoms with van der Waals surface area (Å²) in [5.74, 6) is 0.259. The molecule has 2 aromatic rings. The van der Waals surface area contributed by atoms with Gasteiger partial charge in [0.2, 0.25) is 0 Å². The van der Waals surface area contributed by atoms with Gasteiger partial charge in [-0.15, -0.1) is 0 Å². The molecular formula is C14H13NO2. The molecule has 0 unspecified atom stereocenters. The van der Waals surface area contributed by atoms with Crippen molar-refractivity contribution < 1.29 is 10.3 Å². The Kier molecular flexibility index (Phi) is 3.10. The van der Waals surface area contributed by atoms with E-state index in [9.17, 15) is 5.11 Å². The number of rotatable bonds is 2. The van der Waals surface area contributed by atoms with Gasteiger partial charge in [0.05, 0.1) is 6.21 Å². The first-order chi connectivity index (χ1) is 8.20. The van der Waals surface area contributed by atoms with Crippen molar-refractivity contribution in [3.8, 4) is 16.9 Å². The molecule has 0 heterocycles. The maximum atomic E-state index is 9.23. The van der Waals surface area contributed by atoms with Gasteiger partial charge >= 0.3 is 0 Å². The van der Waals surface area contributed by atoms with Crippen LogP contribution in [0.15, 0.2) is 47.6 Å². The highest BCUT2D eigenvalue weighted by atomic mass is 16.4. The Labute approximate surface area is 99.7 Å². The zero-order chi connectivity index (χ0) is 12.3. The van der Waals surface area contributed by atoms with Gasteiger partial charge < -0.3 is 10.3 Å². The third-order valence-corrected chi connectivity index (χ3v) is 2.67. The topological polar surface area (TPSA) is 52.8 Å². The van der Waals surface area contributed by atoms with Crippen LogP contribution >= 0.6 is 0 Å². The van der Waals surface area contributed by atoms with E-state index < -0.39 is 0 Å². The Hall–Kier alpha value is -2.29.